The number of rotatable bonds is 6. The smallest absolute Gasteiger partial charge is 0.153 e. The van der Waals surface area contributed by atoms with Gasteiger partial charge in [0.15, 0.2) is 5.82 Å². The van der Waals surface area contributed by atoms with E-state index < -0.39 is 0 Å². The SMILES string of the molecule is C[C@H](Nc1nccnc1-c1ccccc1Oc1ccccc1)c1ccccc1. The molecular formula is C24H21N3O. The molecule has 4 aromatic rings. The molecule has 0 aliphatic heterocycles. The van der Waals surface area contributed by atoms with Crippen LogP contribution in [0.1, 0.15) is 18.5 Å². The molecule has 0 fully saturated rings. The van der Waals surface area contributed by atoms with E-state index in [0.29, 0.717) is 0 Å². The predicted octanol–water partition coefficient (Wildman–Crippen LogP) is 6.11. The normalized spacial score (nSPS) is 11.6. The maximum Gasteiger partial charge on any atom is 0.153 e. The van der Waals surface area contributed by atoms with Gasteiger partial charge in [-0.2, -0.15) is 0 Å². The van der Waals surface area contributed by atoms with Crippen molar-refractivity contribution in [3.63, 3.8) is 0 Å². The van der Waals surface area contributed by atoms with Gasteiger partial charge in [0.05, 0.1) is 6.04 Å². The van der Waals surface area contributed by atoms with Gasteiger partial charge >= 0.3 is 0 Å². The minimum Gasteiger partial charge on any atom is -0.457 e. The molecule has 3 aromatic carbocycles. The third-order valence-electron chi connectivity index (χ3n) is 4.46. The molecule has 138 valence electrons. The molecule has 0 saturated carbocycles. The van der Waals surface area contributed by atoms with Crippen LogP contribution in [0.4, 0.5) is 5.82 Å². The molecule has 1 atom stereocenters. The lowest BCUT2D eigenvalue weighted by atomic mass is 10.1. The second-order valence-electron chi connectivity index (χ2n) is 6.44. The number of nitrogens with zero attached hydrogens (tertiary/aromatic N) is 2. The summed E-state index contributed by atoms with van der Waals surface area (Å²) in [5, 5.41) is 3.49. The lowest BCUT2D eigenvalue weighted by Gasteiger charge is -2.18. The van der Waals surface area contributed by atoms with Gasteiger partial charge in [0.2, 0.25) is 0 Å². The van der Waals surface area contributed by atoms with Crippen LogP contribution in [-0.4, -0.2) is 9.97 Å². The first-order chi connectivity index (χ1) is 13.8. The molecule has 0 spiro atoms. The van der Waals surface area contributed by atoms with Gasteiger partial charge in [-0.3, -0.25) is 4.98 Å². The molecule has 28 heavy (non-hydrogen) atoms. The zero-order valence-electron chi connectivity index (χ0n) is 15.6. The Kier molecular flexibility index (Phi) is 5.29. The summed E-state index contributed by atoms with van der Waals surface area (Å²) < 4.78 is 6.11. The van der Waals surface area contributed by atoms with Crippen LogP contribution in [-0.2, 0) is 0 Å². The van der Waals surface area contributed by atoms with Crippen LogP contribution < -0.4 is 10.1 Å². The molecule has 0 amide bonds. The summed E-state index contributed by atoms with van der Waals surface area (Å²) in [5.74, 6) is 2.25. The molecule has 1 heterocycles. The zero-order valence-corrected chi connectivity index (χ0v) is 15.6. The Morgan fingerprint density at radius 1 is 0.750 bits per heavy atom. The van der Waals surface area contributed by atoms with Crippen LogP contribution in [0.2, 0.25) is 0 Å². The number of hydrogen-bond acceptors (Lipinski definition) is 4. The largest absolute Gasteiger partial charge is 0.457 e. The molecule has 4 rings (SSSR count). The van der Waals surface area contributed by atoms with E-state index in [1.54, 1.807) is 12.4 Å². The molecule has 4 nitrogen and oxygen atoms in total. The minimum absolute atomic E-state index is 0.0962. The monoisotopic (exact) mass is 367 g/mol. The number of nitrogens with one attached hydrogen (secondary N) is 1. The van der Waals surface area contributed by atoms with Gasteiger partial charge in [0, 0.05) is 18.0 Å². The fraction of sp³-hybridized carbons (Fsp3) is 0.0833. The van der Waals surface area contributed by atoms with Gasteiger partial charge in [-0.1, -0.05) is 60.7 Å². The summed E-state index contributed by atoms with van der Waals surface area (Å²) >= 11 is 0. The molecule has 0 radical (unpaired) electrons. The van der Waals surface area contributed by atoms with Gasteiger partial charge in [0.25, 0.3) is 0 Å². The van der Waals surface area contributed by atoms with Crippen molar-refractivity contribution in [1.82, 2.24) is 9.97 Å². The van der Waals surface area contributed by atoms with E-state index in [2.05, 4.69) is 34.3 Å². The van der Waals surface area contributed by atoms with E-state index in [0.717, 1.165) is 28.6 Å². The number of para-hydroxylation sites is 2. The summed E-state index contributed by atoms with van der Waals surface area (Å²) in [5.41, 5.74) is 2.84. The molecule has 0 unspecified atom stereocenters. The van der Waals surface area contributed by atoms with Crippen molar-refractivity contribution in [3.05, 3.63) is 103 Å². The first-order valence-corrected chi connectivity index (χ1v) is 9.26. The van der Waals surface area contributed by atoms with Crippen molar-refractivity contribution in [3.8, 4) is 22.8 Å². The Morgan fingerprint density at radius 2 is 1.39 bits per heavy atom. The number of ether oxygens (including phenoxy) is 1. The number of aromatic nitrogens is 2. The molecule has 0 aliphatic carbocycles. The van der Waals surface area contributed by atoms with Crippen LogP contribution in [0.25, 0.3) is 11.3 Å². The number of benzene rings is 3. The third-order valence-corrected chi connectivity index (χ3v) is 4.46. The van der Waals surface area contributed by atoms with Gasteiger partial charge in [-0.25, -0.2) is 4.98 Å². The lowest BCUT2D eigenvalue weighted by Crippen LogP contribution is -2.09. The van der Waals surface area contributed by atoms with Crippen molar-refractivity contribution in [2.24, 2.45) is 0 Å². The van der Waals surface area contributed by atoms with E-state index in [4.69, 9.17) is 4.74 Å². The van der Waals surface area contributed by atoms with Gasteiger partial charge in [-0.15, -0.1) is 0 Å². The van der Waals surface area contributed by atoms with E-state index >= 15 is 0 Å². The fourth-order valence-corrected chi connectivity index (χ4v) is 3.04. The number of anilines is 1. The molecule has 4 heteroatoms. The van der Waals surface area contributed by atoms with E-state index in [1.807, 2.05) is 72.8 Å². The Hall–Kier alpha value is -3.66. The summed E-state index contributed by atoms with van der Waals surface area (Å²) in [7, 11) is 0. The zero-order chi connectivity index (χ0) is 19.2. The van der Waals surface area contributed by atoms with Crippen molar-refractivity contribution in [2.75, 3.05) is 5.32 Å². The first kappa shape index (κ1) is 17.7. The average molecular weight is 367 g/mol. The Labute approximate surface area is 164 Å². The van der Waals surface area contributed by atoms with Crippen LogP contribution in [0, 0.1) is 0 Å². The van der Waals surface area contributed by atoms with Crippen molar-refractivity contribution >= 4 is 5.82 Å². The summed E-state index contributed by atoms with van der Waals surface area (Å²) in [6.07, 6.45) is 3.40. The lowest BCUT2D eigenvalue weighted by molar-refractivity contribution is 0.484. The fourth-order valence-electron chi connectivity index (χ4n) is 3.04. The van der Waals surface area contributed by atoms with Gasteiger partial charge < -0.3 is 10.1 Å². The molecular weight excluding hydrogens is 346 g/mol. The Balaban J connectivity index is 1.67. The predicted molar refractivity (Wildman–Crippen MR) is 112 cm³/mol. The van der Waals surface area contributed by atoms with Crippen molar-refractivity contribution in [1.29, 1.82) is 0 Å². The summed E-state index contributed by atoms with van der Waals surface area (Å²) in [6.45, 7) is 2.11. The summed E-state index contributed by atoms with van der Waals surface area (Å²) in [4.78, 5) is 9.13. The highest BCUT2D eigenvalue weighted by Crippen LogP contribution is 2.35. The van der Waals surface area contributed by atoms with Gasteiger partial charge in [-0.05, 0) is 36.8 Å². The number of hydrogen-bond donors (Lipinski definition) is 1. The second-order valence-corrected chi connectivity index (χ2v) is 6.44. The third kappa shape index (κ3) is 4.01. The van der Waals surface area contributed by atoms with Gasteiger partial charge in [0.1, 0.15) is 17.2 Å². The maximum atomic E-state index is 6.11. The minimum atomic E-state index is 0.0962. The quantitative estimate of drug-likeness (QED) is 0.447. The van der Waals surface area contributed by atoms with E-state index in [9.17, 15) is 0 Å². The van der Waals surface area contributed by atoms with Crippen LogP contribution in [0.15, 0.2) is 97.3 Å². The first-order valence-electron chi connectivity index (χ1n) is 9.26. The van der Waals surface area contributed by atoms with E-state index in [1.165, 1.54) is 5.56 Å². The highest BCUT2D eigenvalue weighted by atomic mass is 16.5. The van der Waals surface area contributed by atoms with Crippen LogP contribution >= 0.6 is 0 Å². The average Bonchev–Trinajstić information content (AvgIpc) is 2.76. The Bertz CT molecular complexity index is 1040. The molecule has 0 aliphatic rings. The van der Waals surface area contributed by atoms with Crippen molar-refractivity contribution < 1.29 is 4.74 Å². The highest BCUT2D eigenvalue weighted by Gasteiger charge is 2.15. The standard InChI is InChI=1S/C24H21N3O/c1-18(19-10-4-2-5-11-19)27-24-23(25-16-17-26-24)21-14-8-9-15-22(21)28-20-12-6-3-7-13-20/h2-18H,1H3,(H,26,27)/t18-/m0/s1. The summed E-state index contributed by atoms with van der Waals surface area (Å²) in [6, 6.07) is 28.0. The van der Waals surface area contributed by atoms with Crippen molar-refractivity contribution in [2.45, 2.75) is 13.0 Å². The van der Waals surface area contributed by atoms with Crippen LogP contribution in [0.5, 0.6) is 11.5 Å². The second kappa shape index (κ2) is 8.35. The molecule has 0 saturated heterocycles. The highest BCUT2D eigenvalue weighted by molar-refractivity contribution is 5.76. The van der Waals surface area contributed by atoms with Crippen LogP contribution in [0.3, 0.4) is 0 Å². The maximum absolute atomic E-state index is 6.11. The Morgan fingerprint density at radius 3 is 2.18 bits per heavy atom. The van der Waals surface area contributed by atoms with E-state index in [-0.39, 0.29) is 6.04 Å². The molecule has 1 N–H and O–H groups in total. The topological polar surface area (TPSA) is 47.0 Å². The molecule has 1 aromatic heterocycles. The molecule has 0 bridgehead atoms.